The van der Waals surface area contributed by atoms with Gasteiger partial charge in [0.2, 0.25) is 5.78 Å². The number of nitrogens with zero attached hydrogens (tertiary/aromatic N) is 1. The lowest BCUT2D eigenvalue weighted by atomic mass is 10.0. The summed E-state index contributed by atoms with van der Waals surface area (Å²) in [5.41, 5.74) is 2.51. The molecule has 0 aliphatic carbocycles. The molecule has 20 heavy (non-hydrogen) atoms. The maximum Gasteiger partial charge on any atom is 0.209 e. The Labute approximate surface area is 116 Å². The molecule has 0 atom stereocenters. The lowest BCUT2D eigenvalue weighted by Crippen LogP contribution is -2.09. The molecule has 0 saturated carbocycles. The minimum Gasteiger partial charge on any atom is -0.314 e. The van der Waals surface area contributed by atoms with Crippen molar-refractivity contribution < 1.29 is 9.59 Å². The number of ketones is 2. The predicted molar refractivity (Wildman–Crippen MR) is 77.3 cm³/mol. The molecule has 2 heterocycles. The van der Waals surface area contributed by atoms with E-state index in [0.717, 1.165) is 5.52 Å². The average Bonchev–Trinajstić information content (AvgIpc) is 2.94. The van der Waals surface area contributed by atoms with Crippen LogP contribution in [0.2, 0.25) is 0 Å². The van der Waals surface area contributed by atoms with Crippen molar-refractivity contribution in [2.24, 2.45) is 0 Å². The van der Waals surface area contributed by atoms with E-state index in [1.54, 1.807) is 24.3 Å². The summed E-state index contributed by atoms with van der Waals surface area (Å²) in [5.74, 6) is -0.134. The molecule has 0 saturated heterocycles. The third-order valence-corrected chi connectivity index (χ3v) is 3.31. The molecule has 0 aliphatic rings. The number of pyridine rings is 1. The maximum atomic E-state index is 12.6. The second-order valence-corrected chi connectivity index (χ2v) is 4.68. The lowest BCUT2D eigenvalue weighted by Gasteiger charge is -2.08. The number of hydrogen-bond acceptors (Lipinski definition) is 2. The van der Waals surface area contributed by atoms with E-state index >= 15 is 0 Å². The quantitative estimate of drug-likeness (QED) is 0.679. The molecule has 0 aliphatic heterocycles. The van der Waals surface area contributed by atoms with E-state index in [4.69, 9.17) is 0 Å². The Morgan fingerprint density at radius 3 is 2.35 bits per heavy atom. The number of hydrogen-bond donors (Lipinski definition) is 0. The molecule has 0 spiro atoms. The van der Waals surface area contributed by atoms with Crippen molar-refractivity contribution in [2.75, 3.05) is 0 Å². The van der Waals surface area contributed by atoms with Crippen molar-refractivity contribution in [2.45, 2.75) is 6.92 Å². The van der Waals surface area contributed by atoms with Crippen LogP contribution in [-0.2, 0) is 0 Å². The van der Waals surface area contributed by atoms with Gasteiger partial charge in [0.1, 0.15) is 0 Å². The number of rotatable bonds is 3. The van der Waals surface area contributed by atoms with E-state index < -0.39 is 0 Å². The zero-order valence-corrected chi connectivity index (χ0v) is 11.0. The first-order valence-electron chi connectivity index (χ1n) is 6.38. The first kappa shape index (κ1) is 12.4. The molecule has 3 nitrogen and oxygen atoms in total. The molecule has 3 rings (SSSR count). The predicted octanol–water partition coefficient (Wildman–Crippen LogP) is 3.37. The van der Waals surface area contributed by atoms with Crippen LogP contribution in [0.15, 0.2) is 60.8 Å². The minimum atomic E-state index is -0.0881. The Morgan fingerprint density at radius 2 is 1.65 bits per heavy atom. The van der Waals surface area contributed by atoms with Crippen molar-refractivity contribution in [3.05, 3.63) is 77.6 Å². The average molecular weight is 263 g/mol. The Morgan fingerprint density at radius 1 is 0.900 bits per heavy atom. The number of carbonyl (C=O) groups excluding carboxylic acids is 2. The van der Waals surface area contributed by atoms with E-state index in [-0.39, 0.29) is 11.6 Å². The van der Waals surface area contributed by atoms with E-state index in [9.17, 15) is 9.59 Å². The van der Waals surface area contributed by atoms with Crippen LogP contribution in [-0.4, -0.2) is 16.0 Å². The first-order chi connectivity index (χ1) is 9.66. The first-order valence-corrected chi connectivity index (χ1v) is 6.38. The molecule has 0 N–H and O–H groups in total. The van der Waals surface area contributed by atoms with Crippen molar-refractivity contribution in [3.63, 3.8) is 0 Å². The number of Topliss-reactive ketones (excluding diaryl/α,β-unsaturated/α-hetero) is 1. The van der Waals surface area contributed by atoms with Gasteiger partial charge in [-0.15, -0.1) is 0 Å². The molecule has 0 fully saturated rings. The molecular weight excluding hydrogens is 250 g/mol. The second kappa shape index (κ2) is 4.78. The number of benzene rings is 1. The highest BCUT2D eigenvalue weighted by atomic mass is 16.1. The van der Waals surface area contributed by atoms with Crippen LogP contribution in [0.25, 0.3) is 5.52 Å². The van der Waals surface area contributed by atoms with E-state index in [1.807, 2.05) is 40.9 Å². The summed E-state index contributed by atoms with van der Waals surface area (Å²) >= 11 is 0. The molecule has 3 heteroatoms. The van der Waals surface area contributed by atoms with Crippen LogP contribution in [0.5, 0.6) is 0 Å². The van der Waals surface area contributed by atoms with Gasteiger partial charge in [0.25, 0.3) is 0 Å². The summed E-state index contributed by atoms with van der Waals surface area (Å²) in [5, 5.41) is 0. The van der Waals surface area contributed by atoms with Crippen molar-refractivity contribution in [3.8, 4) is 0 Å². The van der Waals surface area contributed by atoms with Gasteiger partial charge in [0.15, 0.2) is 5.78 Å². The van der Waals surface area contributed by atoms with Gasteiger partial charge in [-0.2, -0.15) is 0 Å². The molecule has 0 bridgehead atoms. The van der Waals surface area contributed by atoms with Crippen LogP contribution in [0.1, 0.15) is 33.3 Å². The summed E-state index contributed by atoms with van der Waals surface area (Å²) in [4.78, 5) is 24.2. The summed E-state index contributed by atoms with van der Waals surface area (Å²) in [6.45, 7) is 1.51. The number of aromatic nitrogens is 1. The second-order valence-electron chi connectivity index (χ2n) is 4.68. The topological polar surface area (TPSA) is 38.5 Å². The van der Waals surface area contributed by atoms with Gasteiger partial charge in [-0.1, -0.05) is 30.3 Å². The highest BCUT2D eigenvalue weighted by molar-refractivity contribution is 6.09. The van der Waals surface area contributed by atoms with Gasteiger partial charge in [0, 0.05) is 22.8 Å². The molecule has 3 aromatic rings. The van der Waals surface area contributed by atoms with Crippen LogP contribution < -0.4 is 0 Å². The standard InChI is InChI=1S/C17H13NO2/c1-12(19)14-10-15-8-5-9-18(15)16(11-14)17(20)13-6-3-2-4-7-13/h2-11H,1H3. The van der Waals surface area contributed by atoms with Gasteiger partial charge in [-0.3, -0.25) is 9.59 Å². The zero-order chi connectivity index (χ0) is 14.1. The van der Waals surface area contributed by atoms with E-state index in [2.05, 4.69) is 0 Å². The monoisotopic (exact) mass is 263 g/mol. The van der Waals surface area contributed by atoms with E-state index in [0.29, 0.717) is 16.8 Å². The normalized spacial score (nSPS) is 10.7. The van der Waals surface area contributed by atoms with Gasteiger partial charge >= 0.3 is 0 Å². The fourth-order valence-electron chi connectivity index (χ4n) is 2.26. The van der Waals surface area contributed by atoms with E-state index in [1.165, 1.54) is 6.92 Å². The van der Waals surface area contributed by atoms with Crippen molar-refractivity contribution in [1.29, 1.82) is 0 Å². The fraction of sp³-hybridized carbons (Fsp3) is 0.0588. The van der Waals surface area contributed by atoms with Gasteiger partial charge < -0.3 is 4.40 Å². The molecule has 1 aromatic carbocycles. The summed E-state index contributed by atoms with van der Waals surface area (Å²) < 4.78 is 1.81. The lowest BCUT2D eigenvalue weighted by molar-refractivity contribution is 0.101. The van der Waals surface area contributed by atoms with Crippen LogP contribution in [0.4, 0.5) is 0 Å². The molecule has 0 amide bonds. The third kappa shape index (κ3) is 2.03. The third-order valence-electron chi connectivity index (χ3n) is 3.31. The summed E-state index contributed by atoms with van der Waals surface area (Å²) in [7, 11) is 0. The Bertz CT molecular complexity index is 800. The molecule has 2 aromatic heterocycles. The van der Waals surface area contributed by atoms with Crippen molar-refractivity contribution >= 4 is 17.1 Å². The number of fused-ring (bicyclic) bond motifs is 1. The Hall–Kier alpha value is -2.68. The Balaban J connectivity index is 2.22. The van der Waals surface area contributed by atoms with Gasteiger partial charge in [-0.25, -0.2) is 0 Å². The molecule has 0 radical (unpaired) electrons. The summed E-state index contributed by atoms with van der Waals surface area (Å²) in [6.07, 6.45) is 1.83. The Kier molecular flexibility index (Phi) is 2.95. The highest BCUT2D eigenvalue weighted by Gasteiger charge is 2.14. The largest absolute Gasteiger partial charge is 0.314 e. The highest BCUT2D eigenvalue weighted by Crippen LogP contribution is 2.17. The SMILES string of the molecule is CC(=O)c1cc(C(=O)c2ccccc2)n2cccc2c1. The van der Waals surface area contributed by atoms with Gasteiger partial charge in [0.05, 0.1) is 5.69 Å². The number of carbonyl (C=O) groups is 2. The maximum absolute atomic E-state index is 12.6. The molecule has 98 valence electrons. The zero-order valence-electron chi connectivity index (χ0n) is 11.0. The minimum absolute atomic E-state index is 0.0455. The molecule has 0 unspecified atom stereocenters. The van der Waals surface area contributed by atoms with Crippen LogP contribution in [0, 0.1) is 0 Å². The van der Waals surface area contributed by atoms with Gasteiger partial charge in [-0.05, 0) is 31.2 Å². The smallest absolute Gasteiger partial charge is 0.209 e. The van der Waals surface area contributed by atoms with Crippen LogP contribution in [0.3, 0.4) is 0 Å². The fourth-order valence-corrected chi connectivity index (χ4v) is 2.26. The molecular formula is C17H13NO2. The van der Waals surface area contributed by atoms with Crippen molar-refractivity contribution in [1.82, 2.24) is 4.40 Å². The van der Waals surface area contributed by atoms with Crippen LogP contribution >= 0.6 is 0 Å². The summed E-state index contributed by atoms with van der Waals surface area (Å²) in [6, 6.07) is 16.3.